The third kappa shape index (κ3) is 3.85. The summed E-state index contributed by atoms with van der Waals surface area (Å²) >= 11 is 0. The van der Waals surface area contributed by atoms with Gasteiger partial charge in [0.05, 0.1) is 13.2 Å². The van der Waals surface area contributed by atoms with Gasteiger partial charge < -0.3 is 9.64 Å². The molecule has 0 radical (unpaired) electrons. The van der Waals surface area contributed by atoms with Crippen LogP contribution >= 0.6 is 0 Å². The molecule has 6 nitrogen and oxygen atoms in total. The molecule has 1 unspecified atom stereocenters. The normalized spacial score (nSPS) is 23.0. The van der Waals surface area contributed by atoms with Crippen molar-refractivity contribution in [3.63, 3.8) is 0 Å². The predicted molar refractivity (Wildman–Crippen MR) is 91.5 cm³/mol. The molecule has 2 fully saturated rings. The van der Waals surface area contributed by atoms with Crippen LogP contribution in [0, 0.1) is 0 Å². The minimum absolute atomic E-state index is 0.104. The van der Waals surface area contributed by atoms with Crippen LogP contribution in [0.5, 0.6) is 0 Å². The summed E-state index contributed by atoms with van der Waals surface area (Å²) in [4.78, 5) is 14.4. The third-order valence-corrected chi connectivity index (χ3v) is 5.94. The Bertz CT molecular complexity index is 697. The highest BCUT2D eigenvalue weighted by Crippen LogP contribution is 2.24. The van der Waals surface area contributed by atoms with Crippen molar-refractivity contribution in [2.75, 3.05) is 32.8 Å². The Morgan fingerprint density at radius 1 is 1.12 bits per heavy atom. The summed E-state index contributed by atoms with van der Waals surface area (Å²) in [6.07, 6.45) is 2.86. The molecule has 1 atom stereocenters. The fraction of sp³-hybridized carbons (Fsp3) is 0.471. The molecule has 130 valence electrons. The van der Waals surface area contributed by atoms with E-state index in [0.29, 0.717) is 45.7 Å². The van der Waals surface area contributed by atoms with Gasteiger partial charge in [-0.3, -0.25) is 4.79 Å². The van der Waals surface area contributed by atoms with Gasteiger partial charge in [0.1, 0.15) is 6.04 Å². The largest absolute Gasteiger partial charge is 0.378 e. The molecule has 7 heteroatoms. The Balaban J connectivity index is 1.74. The van der Waals surface area contributed by atoms with Crippen LogP contribution in [0.1, 0.15) is 18.4 Å². The van der Waals surface area contributed by atoms with E-state index in [2.05, 4.69) is 0 Å². The highest BCUT2D eigenvalue weighted by molar-refractivity contribution is 7.92. The van der Waals surface area contributed by atoms with Crippen molar-refractivity contribution in [2.24, 2.45) is 0 Å². The molecule has 3 rings (SSSR count). The summed E-state index contributed by atoms with van der Waals surface area (Å²) in [5, 5.41) is 1.20. The molecule has 0 aliphatic carbocycles. The van der Waals surface area contributed by atoms with Crippen LogP contribution in [0.15, 0.2) is 35.7 Å². The molecule has 0 saturated carbocycles. The van der Waals surface area contributed by atoms with Gasteiger partial charge in [-0.2, -0.15) is 4.31 Å². The highest BCUT2D eigenvalue weighted by Gasteiger charge is 2.39. The summed E-state index contributed by atoms with van der Waals surface area (Å²) in [6.45, 7) is 2.48. The summed E-state index contributed by atoms with van der Waals surface area (Å²) in [5.74, 6) is -0.104. The van der Waals surface area contributed by atoms with Gasteiger partial charge in [-0.05, 0) is 24.5 Å². The summed E-state index contributed by atoms with van der Waals surface area (Å²) in [6, 6.07) is 8.68. The molecule has 2 aliphatic heterocycles. The van der Waals surface area contributed by atoms with E-state index in [1.165, 1.54) is 9.71 Å². The molecular weight excluding hydrogens is 328 g/mol. The van der Waals surface area contributed by atoms with Gasteiger partial charge >= 0.3 is 0 Å². The number of benzene rings is 1. The maximum absolute atomic E-state index is 12.7. The smallest absolute Gasteiger partial charge is 0.241 e. The molecule has 0 bridgehead atoms. The van der Waals surface area contributed by atoms with Crippen molar-refractivity contribution in [3.05, 3.63) is 41.3 Å². The van der Waals surface area contributed by atoms with Crippen LogP contribution in [0.25, 0.3) is 6.08 Å². The lowest BCUT2D eigenvalue weighted by Gasteiger charge is -2.31. The molecule has 2 saturated heterocycles. The van der Waals surface area contributed by atoms with Crippen LogP contribution in [-0.2, 0) is 19.6 Å². The van der Waals surface area contributed by atoms with Gasteiger partial charge in [-0.25, -0.2) is 8.42 Å². The number of hydrogen-bond donors (Lipinski definition) is 0. The van der Waals surface area contributed by atoms with Gasteiger partial charge in [-0.1, -0.05) is 30.3 Å². The maximum atomic E-state index is 12.7. The van der Waals surface area contributed by atoms with Gasteiger partial charge in [0.2, 0.25) is 15.9 Å². The van der Waals surface area contributed by atoms with E-state index in [1.807, 2.05) is 30.3 Å². The standard InChI is InChI=1S/C17H22N2O4S/c20-17(18-10-12-23-13-11-18)16-7-4-9-19(16)24(21,22)14-8-15-5-2-1-3-6-15/h1-3,5-6,8,14,16H,4,7,9-13H2/b14-8+. The molecule has 1 amide bonds. The minimum atomic E-state index is -3.62. The van der Waals surface area contributed by atoms with Gasteiger partial charge in [0.25, 0.3) is 0 Å². The number of morpholine rings is 1. The second-order valence-corrected chi connectivity index (χ2v) is 7.74. The second kappa shape index (κ2) is 7.46. The number of rotatable bonds is 4. The number of carbonyl (C=O) groups is 1. The Hall–Kier alpha value is -1.70. The van der Waals surface area contributed by atoms with Crippen LogP contribution in [-0.4, -0.2) is 62.4 Å². The Labute approximate surface area is 142 Å². The number of amides is 1. The third-order valence-electron chi connectivity index (χ3n) is 4.37. The zero-order valence-electron chi connectivity index (χ0n) is 13.5. The molecule has 2 aliphatic rings. The fourth-order valence-corrected chi connectivity index (χ4v) is 4.51. The van der Waals surface area contributed by atoms with Gasteiger partial charge in [0, 0.05) is 25.0 Å². The van der Waals surface area contributed by atoms with Crippen LogP contribution < -0.4 is 0 Å². The first-order valence-corrected chi connectivity index (χ1v) is 9.70. The number of nitrogens with zero attached hydrogens (tertiary/aromatic N) is 2. The van der Waals surface area contributed by atoms with Crippen molar-refractivity contribution in [2.45, 2.75) is 18.9 Å². The molecule has 1 aromatic carbocycles. The number of hydrogen-bond acceptors (Lipinski definition) is 4. The van der Waals surface area contributed by atoms with Crippen molar-refractivity contribution in [1.29, 1.82) is 0 Å². The lowest BCUT2D eigenvalue weighted by Crippen LogP contribution is -2.50. The van der Waals surface area contributed by atoms with E-state index in [-0.39, 0.29) is 5.91 Å². The fourth-order valence-electron chi connectivity index (χ4n) is 3.09. The SMILES string of the molecule is O=C(C1CCCN1S(=O)(=O)/C=C/c1ccccc1)N1CCOCC1. The summed E-state index contributed by atoms with van der Waals surface area (Å²) in [5.41, 5.74) is 0.816. The topological polar surface area (TPSA) is 66.9 Å². The zero-order chi connectivity index (χ0) is 17.0. The van der Waals surface area contributed by atoms with E-state index in [0.717, 1.165) is 5.56 Å². The molecular formula is C17H22N2O4S. The maximum Gasteiger partial charge on any atom is 0.241 e. The van der Waals surface area contributed by atoms with Crippen molar-refractivity contribution < 1.29 is 17.9 Å². The molecule has 24 heavy (non-hydrogen) atoms. The predicted octanol–water partition coefficient (Wildman–Crippen LogP) is 1.31. The lowest BCUT2D eigenvalue weighted by molar-refractivity contribution is -0.138. The Morgan fingerprint density at radius 3 is 2.54 bits per heavy atom. The van der Waals surface area contributed by atoms with E-state index < -0.39 is 16.1 Å². The molecule has 0 aromatic heterocycles. The van der Waals surface area contributed by atoms with Crippen molar-refractivity contribution >= 4 is 22.0 Å². The van der Waals surface area contributed by atoms with Crippen LogP contribution in [0.3, 0.4) is 0 Å². The molecule has 1 aromatic rings. The first-order valence-electron chi connectivity index (χ1n) is 8.19. The Morgan fingerprint density at radius 2 is 1.83 bits per heavy atom. The van der Waals surface area contributed by atoms with E-state index >= 15 is 0 Å². The number of sulfonamides is 1. The molecule has 2 heterocycles. The van der Waals surface area contributed by atoms with Gasteiger partial charge in [0.15, 0.2) is 0 Å². The average molecular weight is 350 g/mol. The Kier molecular flexibility index (Phi) is 5.33. The van der Waals surface area contributed by atoms with Crippen LogP contribution in [0.2, 0.25) is 0 Å². The second-order valence-electron chi connectivity index (χ2n) is 5.96. The van der Waals surface area contributed by atoms with E-state index in [1.54, 1.807) is 11.0 Å². The van der Waals surface area contributed by atoms with E-state index in [4.69, 9.17) is 4.74 Å². The van der Waals surface area contributed by atoms with E-state index in [9.17, 15) is 13.2 Å². The summed E-state index contributed by atoms with van der Waals surface area (Å²) < 4.78 is 31.9. The quantitative estimate of drug-likeness (QED) is 0.821. The monoisotopic (exact) mass is 350 g/mol. The van der Waals surface area contributed by atoms with Gasteiger partial charge in [-0.15, -0.1) is 0 Å². The summed E-state index contributed by atoms with van der Waals surface area (Å²) in [7, 11) is -3.62. The minimum Gasteiger partial charge on any atom is -0.378 e. The number of ether oxygens (including phenoxy) is 1. The first kappa shape index (κ1) is 17.1. The first-order chi connectivity index (χ1) is 11.6. The van der Waals surface area contributed by atoms with Crippen molar-refractivity contribution in [1.82, 2.24) is 9.21 Å². The molecule has 0 N–H and O–H groups in total. The molecule has 0 spiro atoms. The lowest BCUT2D eigenvalue weighted by atomic mass is 10.2. The van der Waals surface area contributed by atoms with Crippen LogP contribution in [0.4, 0.5) is 0 Å². The zero-order valence-corrected chi connectivity index (χ0v) is 14.3. The van der Waals surface area contributed by atoms with Crippen molar-refractivity contribution in [3.8, 4) is 0 Å². The number of carbonyl (C=O) groups excluding carboxylic acids is 1. The highest BCUT2D eigenvalue weighted by atomic mass is 32.2. The average Bonchev–Trinajstić information content (AvgIpc) is 3.12.